The Morgan fingerprint density at radius 3 is 2.66 bits per heavy atom. The molecule has 1 fully saturated rings. The van der Waals surface area contributed by atoms with E-state index >= 15 is 0 Å². The zero-order valence-corrected chi connectivity index (χ0v) is 23.2. The van der Waals surface area contributed by atoms with Crippen LogP contribution in [0.15, 0.2) is 76.5 Å². The molecule has 2 heterocycles. The topological polar surface area (TPSA) is 52.7 Å². The number of thioether (sulfide) groups is 1. The SMILES string of the molecule is CCN1CCC[C@H]1CNC(=O)c1ccc(/C=C2\Sc3ccccc3N(Cc3cc(C)ccc3C)C2=O)cc1. The fourth-order valence-electron chi connectivity index (χ4n) is 5.30. The van der Waals surface area contributed by atoms with Gasteiger partial charge in [-0.15, -0.1) is 0 Å². The van der Waals surface area contributed by atoms with Crippen molar-refractivity contribution in [3.8, 4) is 0 Å². The average Bonchev–Trinajstić information content (AvgIpc) is 3.39. The molecule has 2 amide bonds. The van der Waals surface area contributed by atoms with E-state index in [-0.39, 0.29) is 11.8 Å². The molecule has 6 heteroatoms. The van der Waals surface area contributed by atoms with Crippen LogP contribution >= 0.6 is 11.8 Å². The van der Waals surface area contributed by atoms with Crippen LogP contribution in [0.4, 0.5) is 5.69 Å². The first kappa shape index (κ1) is 26.3. The van der Waals surface area contributed by atoms with Crippen molar-refractivity contribution < 1.29 is 9.59 Å². The van der Waals surface area contributed by atoms with Crippen molar-refractivity contribution in [3.05, 3.63) is 99.5 Å². The number of likely N-dealkylation sites (tertiary alicyclic amines) is 1. The third kappa shape index (κ3) is 5.71. The van der Waals surface area contributed by atoms with Gasteiger partial charge in [-0.25, -0.2) is 0 Å². The molecule has 1 saturated heterocycles. The Morgan fingerprint density at radius 1 is 1.08 bits per heavy atom. The molecule has 0 spiro atoms. The molecule has 0 bridgehead atoms. The van der Waals surface area contributed by atoms with Crippen molar-refractivity contribution in [3.63, 3.8) is 0 Å². The zero-order valence-electron chi connectivity index (χ0n) is 22.4. The van der Waals surface area contributed by atoms with Gasteiger partial charge in [-0.05, 0) is 86.8 Å². The molecule has 0 aromatic heterocycles. The Hall–Kier alpha value is -3.35. The van der Waals surface area contributed by atoms with Gasteiger partial charge in [0.1, 0.15) is 0 Å². The average molecular weight is 526 g/mol. The number of carbonyl (C=O) groups is 2. The molecule has 2 aliphatic heterocycles. The van der Waals surface area contributed by atoms with Crippen LogP contribution < -0.4 is 10.2 Å². The minimum absolute atomic E-state index is 0.00605. The first-order valence-electron chi connectivity index (χ1n) is 13.4. The maximum absolute atomic E-state index is 13.7. The quantitative estimate of drug-likeness (QED) is 0.373. The molecule has 2 aliphatic rings. The number of anilines is 1. The van der Waals surface area contributed by atoms with E-state index in [1.54, 1.807) is 0 Å². The molecule has 5 nitrogen and oxygen atoms in total. The number of likely N-dealkylation sites (N-methyl/N-ethyl adjacent to an activating group) is 1. The molecule has 0 unspecified atom stereocenters. The van der Waals surface area contributed by atoms with Crippen molar-refractivity contribution in [2.24, 2.45) is 0 Å². The van der Waals surface area contributed by atoms with Crippen LogP contribution in [0.2, 0.25) is 0 Å². The van der Waals surface area contributed by atoms with Gasteiger partial charge in [-0.3, -0.25) is 14.5 Å². The summed E-state index contributed by atoms with van der Waals surface area (Å²) >= 11 is 1.50. The molecule has 3 aromatic rings. The molecule has 38 heavy (non-hydrogen) atoms. The molecule has 5 rings (SSSR count). The summed E-state index contributed by atoms with van der Waals surface area (Å²) in [6.45, 7) is 9.68. The number of hydrogen-bond acceptors (Lipinski definition) is 4. The number of rotatable bonds is 7. The smallest absolute Gasteiger partial charge is 0.265 e. The second-order valence-electron chi connectivity index (χ2n) is 10.2. The largest absolute Gasteiger partial charge is 0.350 e. The summed E-state index contributed by atoms with van der Waals surface area (Å²) in [6, 6.07) is 22.4. The highest BCUT2D eigenvalue weighted by atomic mass is 32.2. The summed E-state index contributed by atoms with van der Waals surface area (Å²) in [5, 5.41) is 3.10. The number of para-hydroxylation sites is 1. The number of fused-ring (bicyclic) bond motifs is 1. The Kier molecular flexibility index (Phi) is 8.01. The highest BCUT2D eigenvalue weighted by Gasteiger charge is 2.29. The van der Waals surface area contributed by atoms with Gasteiger partial charge in [0.25, 0.3) is 11.8 Å². The minimum atomic E-state index is -0.0519. The van der Waals surface area contributed by atoms with Gasteiger partial charge < -0.3 is 10.2 Å². The molecule has 0 radical (unpaired) electrons. The van der Waals surface area contributed by atoms with E-state index in [9.17, 15) is 9.59 Å². The van der Waals surface area contributed by atoms with Gasteiger partial charge in [-0.1, -0.05) is 66.7 Å². The summed E-state index contributed by atoms with van der Waals surface area (Å²) < 4.78 is 0. The maximum atomic E-state index is 13.7. The van der Waals surface area contributed by atoms with Crippen LogP contribution in [0.1, 0.15) is 52.4 Å². The lowest BCUT2D eigenvalue weighted by Gasteiger charge is -2.31. The van der Waals surface area contributed by atoms with Gasteiger partial charge in [0.05, 0.1) is 17.1 Å². The van der Waals surface area contributed by atoms with Crippen LogP contribution in [0, 0.1) is 13.8 Å². The monoisotopic (exact) mass is 525 g/mol. The normalized spacial score (nSPS) is 18.6. The van der Waals surface area contributed by atoms with E-state index in [1.165, 1.54) is 29.3 Å². The van der Waals surface area contributed by atoms with Crippen molar-refractivity contribution in [2.45, 2.75) is 51.1 Å². The second kappa shape index (κ2) is 11.6. The molecule has 1 atom stereocenters. The van der Waals surface area contributed by atoms with Crippen molar-refractivity contribution in [1.82, 2.24) is 10.2 Å². The second-order valence-corrected chi connectivity index (χ2v) is 11.2. The van der Waals surface area contributed by atoms with Gasteiger partial charge >= 0.3 is 0 Å². The maximum Gasteiger partial charge on any atom is 0.265 e. The van der Waals surface area contributed by atoms with Crippen molar-refractivity contribution >= 4 is 35.3 Å². The van der Waals surface area contributed by atoms with Crippen LogP contribution in [-0.2, 0) is 11.3 Å². The summed E-state index contributed by atoms with van der Waals surface area (Å²) in [5.41, 5.74) is 5.98. The van der Waals surface area contributed by atoms with Crippen LogP contribution in [-0.4, -0.2) is 42.4 Å². The van der Waals surface area contributed by atoms with Crippen LogP contribution in [0.25, 0.3) is 6.08 Å². The summed E-state index contributed by atoms with van der Waals surface area (Å²) in [7, 11) is 0. The highest BCUT2D eigenvalue weighted by molar-refractivity contribution is 8.04. The highest BCUT2D eigenvalue weighted by Crippen LogP contribution is 2.42. The van der Waals surface area contributed by atoms with E-state index in [1.807, 2.05) is 53.4 Å². The van der Waals surface area contributed by atoms with E-state index in [4.69, 9.17) is 0 Å². The van der Waals surface area contributed by atoms with Gasteiger partial charge in [0, 0.05) is 23.0 Å². The molecule has 196 valence electrons. The standard InChI is InChI=1S/C32H35N3O2S/c1-4-34-17-7-8-27(34)20-33-31(36)25-15-13-24(14-16-25)19-30-32(37)35(28-9-5-6-10-29(28)38-30)21-26-18-22(2)11-12-23(26)3/h5-6,9-16,18-19,27H,4,7-8,17,20-21H2,1-3H3,(H,33,36)/b30-19-/t27-/m0/s1. The van der Waals surface area contributed by atoms with E-state index in [2.05, 4.69) is 55.3 Å². The van der Waals surface area contributed by atoms with Crippen LogP contribution in [0.3, 0.4) is 0 Å². The minimum Gasteiger partial charge on any atom is -0.350 e. The number of amides is 2. The Balaban J connectivity index is 1.33. The molecular formula is C32H35N3O2S. The first-order chi connectivity index (χ1) is 18.4. The fourth-order valence-corrected chi connectivity index (χ4v) is 6.36. The number of nitrogens with one attached hydrogen (secondary N) is 1. The summed E-state index contributed by atoms with van der Waals surface area (Å²) in [6.07, 6.45) is 4.26. The number of aryl methyl sites for hydroxylation is 2. The lowest BCUT2D eigenvalue weighted by atomic mass is 10.0. The third-order valence-electron chi connectivity index (χ3n) is 7.54. The lowest BCUT2D eigenvalue weighted by molar-refractivity contribution is -0.114. The van der Waals surface area contributed by atoms with Crippen molar-refractivity contribution in [2.75, 3.05) is 24.5 Å². The predicted molar refractivity (Wildman–Crippen MR) is 156 cm³/mol. The number of benzene rings is 3. The molecule has 3 aromatic carbocycles. The van der Waals surface area contributed by atoms with E-state index in [0.29, 0.717) is 29.6 Å². The first-order valence-corrected chi connectivity index (χ1v) is 14.2. The van der Waals surface area contributed by atoms with E-state index in [0.717, 1.165) is 41.2 Å². The predicted octanol–water partition coefficient (Wildman–Crippen LogP) is 6.20. The fraction of sp³-hybridized carbons (Fsp3) is 0.312. The Labute approximate surface area is 229 Å². The molecule has 0 saturated carbocycles. The third-order valence-corrected chi connectivity index (χ3v) is 8.62. The number of hydrogen-bond donors (Lipinski definition) is 1. The van der Waals surface area contributed by atoms with Gasteiger partial charge in [0.15, 0.2) is 0 Å². The number of carbonyl (C=O) groups excluding carboxylic acids is 2. The van der Waals surface area contributed by atoms with Crippen LogP contribution in [0.5, 0.6) is 0 Å². The molecule has 0 aliphatic carbocycles. The summed E-state index contributed by atoms with van der Waals surface area (Å²) in [4.78, 5) is 32.5. The van der Waals surface area contributed by atoms with Gasteiger partial charge in [-0.2, -0.15) is 0 Å². The Bertz CT molecular complexity index is 1370. The van der Waals surface area contributed by atoms with E-state index < -0.39 is 0 Å². The molecular weight excluding hydrogens is 490 g/mol. The molecule has 1 N–H and O–H groups in total. The lowest BCUT2D eigenvalue weighted by Crippen LogP contribution is -2.40. The van der Waals surface area contributed by atoms with Crippen molar-refractivity contribution in [1.29, 1.82) is 0 Å². The van der Waals surface area contributed by atoms with Gasteiger partial charge in [0.2, 0.25) is 0 Å². The number of nitrogens with zero attached hydrogens (tertiary/aromatic N) is 2. The Morgan fingerprint density at radius 2 is 1.87 bits per heavy atom. The zero-order chi connectivity index (χ0) is 26.6. The summed E-state index contributed by atoms with van der Waals surface area (Å²) in [5.74, 6) is -0.0580.